The van der Waals surface area contributed by atoms with Crippen LogP contribution in [0.1, 0.15) is 43.9 Å². The Morgan fingerprint density at radius 3 is 2.96 bits per heavy atom. The molecule has 1 saturated carbocycles. The summed E-state index contributed by atoms with van der Waals surface area (Å²) in [5.41, 5.74) is 0.149. The van der Waals surface area contributed by atoms with Crippen molar-refractivity contribution in [3.8, 4) is 0 Å². The highest BCUT2D eigenvalue weighted by Crippen LogP contribution is 2.48. The highest BCUT2D eigenvalue weighted by atomic mass is 16.5. The molecule has 7 heteroatoms. The molecule has 140 valence electrons. The van der Waals surface area contributed by atoms with E-state index in [9.17, 15) is 14.7 Å². The fourth-order valence-corrected chi connectivity index (χ4v) is 4.76. The number of carbonyl (C=O) groups is 2. The molecule has 2 N–H and O–H groups in total. The molecular formula is C19H25N3O4. The molecule has 2 aliphatic heterocycles. The summed E-state index contributed by atoms with van der Waals surface area (Å²) >= 11 is 0. The molecule has 3 aliphatic rings. The number of nitrogens with zero attached hydrogens (tertiary/aromatic N) is 2. The molecule has 2 amide bonds. The van der Waals surface area contributed by atoms with Crippen LogP contribution in [0.4, 0.5) is 4.79 Å². The Balaban J connectivity index is 1.37. The lowest BCUT2D eigenvalue weighted by atomic mass is 9.81. The number of likely N-dealkylation sites (tertiary alicyclic amines) is 1. The van der Waals surface area contributed by atoms with E-state index in [0.717, 1.165) is 25.0 Å². The van der Waals surface area contributed by atoms with Crippen LogP contribution in [0.5, 0.6) is 0 Å². The molecule has 2 saturated heterocycles. The van der Waals surface area contributed by atoms with Crippen molar-refractivity contribution in [1.82, 2.24) is 15.2 Å². The van der Waals surface area contributed by atoms with Gasteiger partial charge in [0.2, 0.25) is 0 Å². The second-order valence-electron chi connectivity index (χ2n) is 7.72. The summed E-state index contributed by atoms with van der Waals surface area (Å²) < 4.78 is 5.80. The number of aliphatic carboxylic acids is 1. The van der Waals surface area contributed by atoms with Gasteiger partial charge in [0.25, 0.3) is 0 Å². The SMILES string of the molecule is O=C(N[C@@H]1CCO[C@@H](c2ccccn2)C1)N1C[C@@H]2CCC[C@@]2(C(=O)O)C1. The van der Waals surface area contributed by atoms with Gasteiger partial charge in [-0.1, -0.05) is 12.5 Å². The fourth-order valence-electron chi connectivity index (χ4n) is 4.76. The van der Waals surface area contributed by atoms with Gasteiger partial charge in [0, 0.05) is 31.9 Å². The molecule has 0 unspecified atom stereocenters. The minimum absolute atomic E-state index is 0.0180. The quantitative estimate of drug-likeness (QED) is 0.863. The number of hydrogen-bond donors (Lipinski definition) is 2. The Labute approximate surface area is 152 Å². The first kappa shape index (κ1) is 17.3. The molecule has 4 rings (SSSR count). The highest BCUT2D eigenvalue weighted by Gasteiger charge is 2.55. The minimum atomic E-state index is -0.753. The van der Waals surface area contributed by atoms with Gasteiger partial charge < -0.3 is 20.1 Å². The van der Waals surface area contributed by atoms with Crippen LogP contribution >= 0.6 is 0 Å². The lowest BCUT2D eigenvalue weighted by Crippen LogP contribution is -2.47. The van der Waals surface area contributed by atoms with Gasteiger partial charge in [0.15, 0.2) is 0 Å². The minimum Gasteiger partial charge on any atom is -0.481 e. The predicted octanol–water partition coefficient (Wildman–Crippen LogP) is 2.20. The number of amides is 2. The number of aromatic nitrogens is 1. The number of rotatable bonds is 3. The zero-order chi connectivity index (χ0) is 18.1. The van der Waals surface area contributed by atoms with Crippen LogP contribution in [0.25, 0.3) is 0 Å². The maximum absolute atomic E-state index is 12.7. The first-order chi connectivity index (χ1) is 12.6. The van der Waals surface area contributed by atoms with Crippen molar-refractivity contribution in [2.45, 2.75) is 44.2 Å². The van der Waals surface area contributed by atoms with Gasteiger partial charge in [0.05, 0.1) is 11.1 Å². The number of hydrogen-bond acceptors (Lipinski definition) is 4. The number of carboxylic acid groups (broad SMARTS) is 1. The number of fused-ring (bicyclic) bond motifs is 1. The summed E-state index contributed by atoms with van der Waals surface area (Å²) in [6, 6.07) is 5.61. The lowest BCUT2D eigenvalue weighted by molar-refractivity contribution is -0.149. The Kier molecular flexibility index (Phi) is 4.56. The van der Waals surface area contributed by atoms with Crippen molar-refractivity contribution >= 4 is 12.0 Å². The van der Waals surface area contributed by atoms with Gasteiger partial charge in [-0.2, -0.15) is 0 Å². The fraction of sp³-hybridized carbons (Fsp3) is 0.632. The maximum Gasteiger partial charge on any atom is 0.317 e. The second kappa shape index (κ2) is 6.87. The van der Waals surface area contributed by atoms with E-state index in [1.165, 1.54) is 0 Å². The third-order valence-corrected chi connectivity index (χ3v) is 6.21. The topological polar surface area (TPSA) is 91.8 Å². The third kappa shape index (κ3) is 3.05. The Hall–Kier alpha value is -2.15. The standard InChI is InChI=1S/C19H25N3O4/c23-17(24)19-7-3-4-13(19)11-22(12-19)18(25)21-14-6-9-26-16(10-14)15-5-1-2-8-20-15/h1-2,5,8,13-14,16H,3-4,6-7,9-12H2,(H,21,25)(H,23,24)/t13-,14+,16+,19+/m0/s1. The average Bonchev–Trinajstić information content (AvgIpc) is 3.21. The molecule has 1 aromatic rings. The van der Waals surface area contributed by atoms with Gasteiger partial charge in [-0.05, 0) is 43.7 Å². The van der Waals surface area contributed by atoms with Gasteiger partial charge in [-0.25, -0.2) is 4.79 Å². The number of carboxylic acids is 1. The summed E-state index contributed by atoms with van der Waals surface area (Å²) in [5, 5.41) is 12.8. The van der Waals surface area contributed by atoms with E-state index < -0.39 is 11.4 Å². The van der Waals surface area contributed by atoms with Crippen molar-refractivity contribution in [3.05, 3.63) is 30.1 Å². The molecule has 1 aliphatic carbocycles. The first-order valence-corrected chi connectivity index (χ1v) is 9.40. The van der Waals surface area contributed by atoms with Crippen LogP contribution in [0, 0.1) is 11.3 Å². The molecule has 0 bridgehead atoms. The van der Waals surface area contributed by atoms with Gasteiger partial charge in [0.1, 0.15) is 6.10 Å². The molecular weight excluding hydrogens is 334 g/mol. The second-order valence-corrected chi connectivity index (χ2v) is 7.72. The Morgan fingerprint density at radius 1 is 1.35 bits per heavy atom. The van der Waals surface area contributed by atoms with Crippen LogP contribution in [0.2, 0.25) is 0 Å². The van der Waals surface area contributed by atoms with Gasteiger partial charge in [-0.3, -0.25) is 9.78 Å². The summed E-state index contributed by atoms with van der Waals surface area (Å²) in [6.45, 7) is 1.45. The molecule has 0 radical (unpaired) electrons. The van der Waals surface area contributed by atoms with Crippen molar-refractivity contribution in [3.63, 3.8) is 0 Å². The summed E-state index contributed by atoms with van der Waals surface area (Å²) in [4.78, 5) is 30.5. The normalized spacial score (nSPS) is 33.7. The zero-order valence-electron chi connectivity index (χ0n) is 14.8. The van der Waals surface area contributed by atoms with E-state index in [1.54, 1.807) is 11.1 Å². The molecule has 26 heavy (non-hydrogen) atoms. The van der Waals surface area contributed by atoms with Crippen LogP contribution in [0.15, 0.2) is 24.4 Å². The van der Waals surface area contributed by atoms with Crippen molar-refractivity contribution in [2.24, 2.45) is 11.3 Å². The van der Waals surface area contributed by atoms with E-state index in [0.29, 0.717) is 32.5 Å². The summed E-state index contributed by atoms with van der Waals surface area (Å²) in [7, 11) is 0. The molecule has 1 aromatic heterocycles. The zero-order valence-corrected chi connectivity index (χ0v) is 14.8. The summed E-state index contributed by atoms with van der Waals surface area (Å²) in [6.07, 6.45) is 5.59. The van der Waals surface area contributed by atoms with E-state index in [2.05, 4.69) is 10.3 Å². The third-order valence-electron chi connectivity index (χ3n) is 6.21. The maximum atomic E-state index is 12.7. The molecule has 3 heterocycles. The predicted molar refractivity (Wildman–Crippen MR) is 93.5 cm³/mol. The molecule has 3 fully saturated rings. The molecule has 7 nitrogen and oxygen atoms in total. The monoisotopic (exact) mass is 359 g/mol. The van der Waals surface area contributed by atoms with E-state index >= 15 is 0 Å². The molecule has 4 atom stereocenters. The van der Waals surface area contributed by atoms with Gasteiger partial charge >= 0.3 is 12.0 Å². The number of nitrogens with one attached hydrogen (secondary N) is 1. The van der Waals surface area contributed by atoms with E-state index in [1.807, 2.05) is 18.2 Å². The largest absolute Gasteiger partial charge is 0.481 e. The Morgan fingerprint density at radius 2 is 2.23 bits per heavy atom. The molecule has 0 spiro atoms. The van der Waals surface area contributed by atoms with Crippen LogP contribution in [-0.4, -0.2) is 52.7 Å². The van der Waals surface area contributed by atoms with Crippen LogP contribution in [-0.2, 0) is 9.53 Å². The van der Waals surface area contributed by atoms with Crippen molar-refractivity contribution in [1.29, 1.82) is 0 Å². The number of carbonyl (C=O) groups excluding carboxylic acids is 1. The first-order valence-electron chi connectivity index (χ1n) is 9.40. The number of ether oxygens (including phenoxy) is 1. The average molecular weight is 359 g/mol. The smallest absolute Gasteiger partial charge is 0.317 e. The molecule has 0 aromatic carbocycles. The lowest BCUT2D eigenvalue weighted by Gasteiger charge is -2.31. The van der Waals surface area contributed by atoms with Gasteiger partial charge in [-0.15, -0.1) is 0 Å². The highest BCUT2D eigenvalue weighted by molar-refractivity contribution is 5.80. The number of pyridine rings is 1. The van der Waals surface area contributed by atoms with Crippen molar-refractivity contribution < 1.29 is 19.4 Å². The summed E-state index contributed by atoms with van der Waals surface area (Å²) in [5.74, 6) is -0.668. The van der Waals surface area contributed by atoms with Crippen molar-refractivity contribution in [2.75, 3.05) is 19.7 Å². The van der Waals surface area contributed by atoms with Crippen LogP contribution < -0.4 is 5.32 Å². The van der Waals surface area contributed by atoms with E-state index in [-0.39, 0.29) is 24.1 Å². The Bertz CT molecular complexity index is 683. The van der Waals surface area contributed by atoms with E-state index in [4.69, 9.17) is 4.74 Å². The number of urea groups is 1. The van der Waals surface area contributed by atoms with Crippen LogP contribution in [0.3, 0.4) is 0 Å².